The molecule has 0 spiro atoms. The molecule has 0 amide bonds. The smallest absolute Gasteiger partial charge is 0.137 e. The molecule has 1 rings (SSSR count). The van der Waals surface area contributed by atoms with E-state index < -0.39 is 0 Å². The Morgan fingerprint density at radius 3 is 2.52 bits per heavy atom. The maximum atomic E-state index is 13.3. The van der Waals surface area contributed by atoms with Crippen LogP contribution in [0, 0.1) is 17.7 Å². The van der Waals surface area contributed by atoms with Crippen LogP contribution in [-0.4, -0.2) is 13.2 Å². The lowest BCUT2D eigenvalue weighted by Gasteiger charge is -2.08. The summed E-state index contributed by atoms with van der Waals surface area (Å²) in [7, 11) is 0. The molecular formula is C18H26FNO. The van der Waals surface area contributed by atoms with E-state index in [0.29, 0.717) is 17.9 Å². The van der Waals surface area contributed by atoms with Crippen LogP contribution in [0.1, 0.15) is 57.4 Å². The van der Waals surface area contributed by atoms with Gasteiger partial charge in [0, 0.05) is 6.07 Å². The number of rotatable bonds is 9. The predicted molar refractivity (Wildman–Crippen MR) is 85.8 cm³/mol. The molecule has 116 valence electrons. The van der Waals surface area contributed by atoms with Gasteiger partial charge in [-0.15, -0.1) is 0 Å². The molecule has 0 heterocycles. The Morgan fingerprint density at radius 1 is 1.10 bits per heavy atom. The monoisotopic (exact) mass is 291 g/mol. The largest absolute Gasteiger partial charge is 0.492 e. The highest BCUT2D eigenvalue weighted by atomic mass is 19.1. The van der Waals surface area contributed by atoms with Gasteiger partial charge in [0.25, 0.3) is 0 Å². The summed E-state index contributed by atoms with van der Waals surface area (Å²) < 4.78 is 18.9. The van der Waals surface area contributed by atoms with Crippen molar-refractivity contribution in [1.29, 1.82) is 0 Å². The summed E-state index contributed by atoms with van der Waals surface area (Å²) in [5, 5.41) is 0. The van der Waals surface area contributed by atoms with Gasteiger partial charge in [-0.1, -0.05) is 57.3 Å². The quantitative estimate of drug-likeness (QED) is 0.545. The van der Waals surface area contributed by atoms with Crippen molar-refractivity contribution in [2.45, 2.75) is 51.9 Å². The Bertz CT molecular complexity index is 462. The number of halogens is 1. The van der Waals surface area contributed by atoms with Crippen molar-refractivity contribution in [1.82, 2.24) is 0 Å². The first kappa shape index (κ1) is 17.5. The van der Waals surface area contributed by atoms with E-state index in [2.05, 4.69) is 18.8 Å². The molecule has 2 N–H and O–H groups in total. The minimum atomic E-state index is -0.303. The van der Waals surface area contributed by atoms with Gasteiger partial charge in [-0.3, -0.25) is 0 Å². The van der Waals surface area contributed by atoms with Crippen LogP contribution >= 0.6 is 0 Å². The summed E-state index contributed by atoms with van der Waals surface area (Å²) in [4.78, 5) is 0. The van der Waals surface area contributed by atoms with Crippen molar-refractivity contribution in [2.24, 2.45) is 5.73 Å². The van der Waals surface area contributed by atoms with Crippen LogP contribution in [0.3, 0.4) is 0 Å². The number of nitrogens with two attached hydrogens (primary N) is 1. The van der Waals surface area contributed by atoms with E-state index in [-0.39, 0.29) is 12.4 Å². The van der Waals surface area contributed by atoms with Gasteiger partial charge < -0.3 is 10.5 Å². The molecule has 0 aliphatic rings. The van der Waals surface area contributed by atoms with Crippen molar-refractivity contribution in [2.75, 3.05) is 13.2 Å². The molecule has 0 aliphatic carbocycles. The third-order valence-electron chi connectivity index (χ3n) is 3.27. The number of ether oxygens (including phenoxy) is 1. The van der Waals surface area contributed by atoms with E-state index in [0.717, 1.165) is 12.8 Å². The van der Waals surface area contributed by atoms with Crippen molar-refractivity contribution < 1.29 is 9.13 Å². The molecule has 3 heteroatoms. The van der Waals surface area contributed by atoms with Gasteiger partial charge in [-0.05, 0) is 18.6 Å². The Morgan fingerprint density at radius 2 is 1.81 bits per heavy atom. The second-order valence-electron chi connectivity index (χ2n) is 5.12. The molecule has 1 aromatic carbocycles. The van der Waals surface area contributed by atoms with Gasteiger partial charge in [-0.25, -0.2) is 4.39 Å². The number of unbranched alkanes of at least 4 members (excludes halogenated alkanes) is 6. The van der Waals surface area contributed by atoms with Crippen LogP contribution < -0.4 is 10.5 Å². The van der Waals surface area contributed by atoms with E-state index in [1.807, 2.05) is 0 Å². The summed E-state index contributed by atoms with van der Waals surface area (Å²) in [5.41, 5.74) is 6.06. The van der Waals surface area contributed by atoms with Crippen molar-refractivity contribution >= 4 is 0 Å². The molecular weight excluding hydrogens is 265 g/mol. The number of hydrogen-bond donors (Lipinski definition) is 1. The third-order valence-corrected chi connectivity index (χ3v) is 3.27. The van der Waals surface area contributed by atoms with Crippen LogP contribution in [0.5, 0.6) is 5.75 Å². The second kappa shape index (κ2) is 11.2. The lowest BCUT2D eigenvalue weighted by molar-refractivity contribution is 0.302. The zero-order valence-electron chi connectivity index (χ0n) is 13.0. The molecule has 0 atom stereocenters. The zero-order valence-corrected chi connectivity index (χ0v) is 13.0. The second-order valence-corrected chi connectivity index (χ2v) is 5.12. The fourth-order valence-corrected chi connectivity index (χ4v) is 2.11. The Labute approximate surface area is 127 Å². The molecule has 21 heavy (non-hydrogen) atoms. The topological polar surface area (TPSA) is 35.2 Å². The van der Waals surface area contributed by atoms with Gasteiger partial charge in [0.15, 0.2) is 0 Å². The maximum Gasteiger partial charge on any atom is 0.137 e. The van der Waals surface area contributed by atoms with Gasteiger partial charge in [0.1, 0.15) is 11.6 Å². The summed E-state index contributed by atoms with van der Waals surface area (Å²) in [6.45, 7) is 3.11. The maximum absolute atomic E-state index is 13.3. The molecule has 0 unspecified atom stereocenters. The fourth-order valence-electron chi connectivity index (χ4n) is 2.11. The summed E-state index contributed by atoms with van der Waals surface area (Å²) >= 11 is 0. The van der Waals surface area contributed by atoms with E-state index >= 15 is 0 Å². The Kier molecular flexibility index (Phi) is 9.32. The minimum absolute atomic E-state index is 0.286. The SMILES string of the molecule is CCCCCCCCCOc1cc(F)ccc1C#CCN. The first-order valence-corrected chi connectivity index (χ1v) is 7.89. The Hall–Kier alpha value is -1.53. The lowest BCUT2D eigenvalue weighted by Crippen LogP contribution is -2.00. The molecule has 0 bridgehead atoms. The van der Waals surface area contributed by atoms with Crippen LogP contribution in [0.4, 0.5) is 4.39 Å². The summed E-state index contributed by atoms with van der Waals surface area (Å²) in [6.07, 6.45) is 8.60. The fraction of sp³-hybridized carbons (Fsp3) is 0.556. The van der Waals surface area contributed by atoms with Crippen LogP contribution in [0.25, 0.3) is 0 Å². The third kappa shape index (κ3) is 7.72. The zero-order chi connectivity index (χ0) is 15.3. The number of hydrogen-bond acceptors (Lipinski definition) is 2. The van der Waals surface area contributed by atoms with E-state index in [9.17, 15) is 4.39 Å². The highest BCUT2D eigenvalue weighted by Gasteiger charge is 2.03. The number of benzene rings is 1. The molecule has 0 aliphatic heterocycles. The first-order valence-electron chi connectivity index (χ1n) is 7.89. The normalized spacial score (nSPS) is 10.0. The first-order chi connectivity index (χ1) is 10.3. The molecule has 0 saturated carbocycles. The van der Waals surface area contributed by atoms with Gasteiger partial charge >= 0.3 is 0 Å². The molecule has 0 fully saturated rings. The summed E-state index contributed by atoms with van der Waals surface area (Å²) in [5.74, 6) is 5.89. The van der Waals surface area contributed by atoms with Crippen molar-refractivity contribution in [3.05, 3.63) is 29.6 Å². The molecule has 1 aromatic rings. The molecule has 2 nitrogen and oxygen atoms in total. The molecule has 0 radical (unpaired) electrons. The predicted octanol–water partition coefficient (Wildman–Crippen LogP) is 4.27. The minimum Gasteiger partial charge on any atom is -0.492 e. The highest BCUT2D eigenvalue weighted by molar-refractivity contribution is 5.46. The molecule has 0 aromatic heterocycles. The molecule has 0 saturated heterocycles. The van der Waals surface area contributed by atoms with Crippen molar-refractivity contribution in [3.8, 4) is 17.6 Å². The van der Waals surface area contributed by atoms with Gasteiger partial charge in [-0.2, -0.15) is 0 Å². The van der Waals surface area contributed by atoms with E-state index in [1.165, 1.54) is 44.2 Å². The van der Waals surface area contributed by atoms with Crippen LogP contribution in [-0.2, 0) is 0 Å². The van der Waals surface area contributed by atoms with Crippen LogP contribution in [0.2, 0.25) is 0 Å². The average Bonchev–Trinajstić information content (AvgIpc) is 2.49. The summed E-state index contributed by atoms with van der Waals surface area (Å²) in [6, 6.07) is 4.42. The average molecular weight is 291 g/mol. The van der Waals surface area contributed by atoms with E-state index in [4.69, 9.17) is 10.5 Å². The van der Waals surface area contributed by atoms with Crippen LogP contribution in [0.15, 0.2) is 18.2 Å². The lowest BCUT2D eigenvalue weighted by atomic mass is 10.1. The van der Waals surface area contributed by atoms with E-state index in [1.54, 1.807) is 6.07 Å². The highest BCUT2D eigenvalue weighted by Crippen LogP contribution is 2.19. The van der Waals surface area contributed by atoms with Gasteiger partial charge in [0.2, 0.25) is 0 Å². The van der Waals surface area contributed by atoms with Crippen molar-refractivity contribution in [3.63, 3.8) is 0 Å². The Balaban J connectivity index is 2.32. The van der Waals surface area contributed by atoms with Gasteiger partial charge in [0.05, 0.1) is 18.7 Å². The standard InChI is InChI=1S/C18H26FNO/c1-2-3-4-5-6-7-8-14-21-18-15-17(19)12-11-16(18)10-9-13-20/h11-12,15H,2-8,13-14,20H2,1H3.